The lowest BCUT2D eigenvalue weighted by Gasteiger charge is -2.39. The number of hydrogen-bond acceptors (Lipinski definition) is 9. The molecule has 0 saturated carbocycles. The number of carbonyl (C=O) groups is 5. The molecule has 3 rings (SSSR count). The highest BCUT2D eigenvalue weighted by Crippen LogP contribution is 2.29. The summed E-state index contributed by atoms with van der Waals surface area (Å²) in [6.45, 7) is 13.4. The van der Waals surface area contributed by atoms with Gasteiger partial charge in [0.25, 0.3) is 0 Å². The Morgan fingerprint density at radius 2 is 1.61 bits per heavy atom. The van der Waals surface area contributed by atoms with Crippen molar-refractivity contribution in [1.82, 2.24) is 36.0 Å². The Labute approximate surface area is 322 Å². The van der Waals surface area contributed by atoms with E-state index in [1.54, 1.807) is 38.0 Å². The van der Waals surface area contributed by atoms with Crippen LogP contribution < -0.4 is 21.3 Å². The molecule has 0 bridgehead atoms. The molecule has 1 aromatic carbocycles. The van der Waals surface area contributed by atoms with Crippen LogP contribution in [-0.4, -0.2) is 148 Å². The summed E-state index contributed by atoms with van der Waals surface area (Å²) in [6.07, 6.45) is 1.27. The molecule has 4 N–H and O–H groups in total. The Morgan fingerprint density at radius 1 is 0.944 bits per heavy atom. The summed E-state index contributed by atoms with van der Waals surface area (Å²) in [7, 11) is 6.34. The Hall–Kier alpha value is -3.59. The minimum Gasteiger partial charge on any atom is -0.379 e. The fraction of sp³-hybridized carbons (Fsp3) is 0.725. The summed E-state index contributed by atoms with van der Waals surface area (Å²) >= 11 is 0. The topological polar surface area (TPSA) is 162 Å². The number of piperazine rings is 1. The molecule has 2 saturated heterocycles. The number of rotatable bonds is 20. The third-order valence-electron chi connectivity index (χ3n) is 11.3. The zero-order chi connectivity index (χ0) is 39.9. The van der Waals surface area contributed by atoms with E-state index in [1.807, 2.05) is 58.0 Å². The number of carbonyl (C=O) groups excluding carboxylic acids is 5. The van der Waals surface area contributed by atoms with Crippen LogP contribution in [0.25, 0.3) is 0 Å². The monoisotopic (exact) mass is 758 g/mol. The molecule has 1 aromatic rings. The fourth-order valence-corrected chi connectivity index (χ4v) is 8.10. The third-order valence-corrected chi connectivity index (χ3v) is 11.3. The van der Waals surface area contributed by atoms with Crippen LogP contribution >= 0.6 is 0 Å². The number of likely N-dealkylation sites (N-methyl/N-ethyl adjacent to an activating group) is 2. The van der Waals surface area contributed by atoms with Crippen molar-refractivity contribution in [2.75, 3.05) is 67.6 Å². The Kier molecular flexibility index (Phi) is 18.3. The van der Waals surface area contributed by atoms with E-state index in [0.717, 1.165) is 44.6 Å². The van der Waals surface area contributed by atoms with E-state index in [1.165, 1.54) is 7.05 Å². The number of nitrogens with one attached hydrogen (secondary N) is 4. The predicted octanol–water partition coefficient (Wildman–Crippen LogP) is 1.43. The summed E-state index contributed by atoms with van der Waals surface area (Å²) in [5.74, 6) is -1.80. The molecule has 0 radical (unpaired) electrons. The van der Waals surface area contributed by atoms with Crippen LogP contribution in [0.2, 0.25) is 0 Å². The number of ether oxygens (including phenoxy) is 2. The van der Waals surface area contributed by atoms with E-state index in [2.05, 4.69) is 26.2 Å². The van der Waals surface area contributed by atoms with Crippen molar-refractivity contribution in [1.29, 1.82) is 0 Å². The number of benzene rings is 1. The number of hydrogen-bond donors (Lipinski definition) is 4. The quantitative estimate of drug-likeness (QED) is 0.154. The van der Waals surface area contributed by atoms with Gasteiger partial charge in [0, 0.05) is 67.5 Å². The first-order valence-corrected chi connectivity index (χ1v) is 19.7. The van der Waals surface area contributed by atoms with Crippen molar-refractivity contribution < 1.29 is 33.4 Å². The highest BCUT2D eigenvalue weighted by atomic mass is 16.5. The standard InChI is InChI=1S/C40H67N7O7/c1-10-27(4)36(45(7)34(49)25-43-40(52)35(26(2)3)46-21-18-42-19-22-46)32(53-8)24-33(48)47-20-14-17-31(47)37(54-9)28(5)38(50)44-30(39(51)41-6)23-29-15-12-11-13-16-29/h11-13,15-16,26-28,30-32,35-37,42H,10,14,17-25H2,1-9H3,(H,41,51)(H,43,52)(H,44,50). The summed E-state index contributed by atoms with van der Waals surface area (Å²) in [4.78, 5) is 73.1. The van der Waals surface area contributed by atoms with Gasteiger partial charge in [0.1, 0.15) is 6.04 Å². The van der Waals surface area contributed by atoms with E-state index in [4.69, 9.17) is 9.47 Å². The van der Waals surface area contributed by atoms with Crippen molar-refractivity contribution in [3.8, 4) is 0 Å². The number of likely N-dealkylation sites (tertiary alicyclic amines) is 1. The molecular weight excluding hydrogens is 690 g/mol. The SMILES string of the molecule is CCC(C)C(C(CC(=O)N1CCCC1C(OC)C(C)C(=O)NC(Cc1ccccc1)C(=O)NC)OC)N(C)C(=O)CNC(=O)C(C(C)C)N1CCNCC1. The van der Waals surface area contributed by atoms with Gasteiger partial charge in [-0.15, -0.1) is 0 Å². The molecule has 2 heterocycles. The Balaban J connectivity index is 1.70. The molecule has 8 unspecified atom stereocenters. The van der Waals surface area contributed by atoms with Crippen molar-refractivity contribution in [2.45, 2.75) is 103 Å². The van der Waals surface area contributed by atoms with Crippen LogP contribution in [0, 0.1) is 17.8 Å². The fourth-order valence-electron chi connectivity index (χ4n) is 8.10. The van der Waals surface area contributed by atoms with Crippen molar-refractivity contribution in [2.24, 2.45) is 17.8 Å². The second-order valence-electron chi connectivity index (χ2n) is 15.2. The molecule has 0 aromatic heterocycles. The molecule has 8 atom stereocenters. The summed E-state index contributed by atoms with van der Waals surface area (Å²) < 4.78 is 11.9. The Morgan fingerprint density at radius 3 is 2.19 bits per heavy atom. The third kappa shape index (κ3) is 12.0. The van der Waals surface area contributed by atoms with Gasteiger partial charge in [0.2, 0.25) is 29.5 Å². The van der Waals surface area contributed by atoms with Crippen molar-refractivity contribution in [3.05, 3.63) is 35.9 Å². The maximum absolute atomic E-state index is 14.1. The second-order valence-corrected chi connectivity index (χ2v) is 15.2. The first-order valence-electron chi connectivity index (χ1n) is 19.7. The second kappa shape index (κ2) is 22.1. The first-order chi connectivity index (χ1) is 25.8. The van der Waals surface area contributed by atoms with Gasteiger partial charge in [0.05, 0.1) is 49.2 Å². The molecule has 54 heavy (non-hydrogen) atoms. The van der Waals surface area contributed by atoms with Gasteiger partial charge in [0.15, 0.2) is 0 Å². The van der Waals surface area contributed by atoms with Gasteiger partial charge in [-0.2, -0.15) is 0 Å². The number of amides is 5. The van der Waals surface area contributed by atoms with Crippen molar-refractivity contribution >= 4 is 29.5 Å². The van der Waals surface area contributed by atoms with Gasteiger partial charge in [-0.25, -0.2) is 0 Å². The summed E-state index contributed by atoms with van der Waals surface area (Å²) in [5, 5.41) is 11.8. The predicted molar refractivity (Wildman–Crippen MR) is 208 cm³/mol. The van der Waals surface area contributed by atoms with Gasteiger partial charge in [-0.05, 0) is 30.2 Å². The van der Waals surface area contributed by atoms with E-state index in [-0.39, 0.29) is 66.4 Å². The minimum atomic E-state index is -0.775. The highest BCUT2D eigenvalue weighted by Gasteiger charge is 2.42. The van der Waals surface area contributed by atoms with E-state index >= 15 is 0 Å². The smallest absolute Gasteiger partial charge is 0.242 e. The number of nitrogens with zero attached hydrogens (tertiary/aromatic N) is 3. The molecular formula is C40H67N7O7. The minimum absolute atomic E-state index is 0.00867. The van der Waals surface area contributed by atoms with Gasteiger partial charge < -0.3 is 40.5 Å². The average molecular weight is 758 g/mol. The van der Waals surface area contributed by atoms with E-state index < -0.39 is 30.2 Å². The molecule has 2 aliphatic rings. The van der Waals surface area contributed by atoms with E-state index in [9.17, 15) is 24.0 Å². The zero-order valence-corrected chi connectivity index (χ0v) is 34.1. The van der Waals surface area contributed by atoms with Crippen LogP contribution in [0.15, 0.2) is 30.3 Å². The molecule has 2 aliphatic heterocycles. The molecule has 14 nitrogen and oxygen atoms in total. The summed E-state index contributed by atoms with van der Waals surface area (Å²) in [6, 6.07) is 7.59. The molecule has 5 amide bonds. The van der Waals surface area contributed by atoms with Crippen LogP contribution in [0.3, 0.4) is 0 Å². The molecule has 304 valence electrons. The highest BCUT2D eigenvalue weighted by molar-refractivity contribution is 5.89. The normalized spacial score (nSPS) is 20.3. The van der Waals surface area contributed by atoms with Crippen molar-refractivity contribution in [3.63, 3.8) is 0 Å². The van der Waals surface area contributed by atoms with Gasteiger partial charge >= 0.3 is 0 Å². The van der Waals surface area contributed by atoms with Crippen LogP contribution in [-0.2, 0) is 39.9 Å². The lowest BCUT2D eigenvalue weighted by Crippen LogP contribution is -2.57. The van der Waals surface area contributed by atoms with Gasteiger partial charge in [-0.3, -0.25) is 28.9 Å². The Bertz CT molecular complexity index is 1360. The maximum Gasteiger partial charge on any atom is 0.242 e. The zero-order valence-electron chi connectivity index (χ0n) is 34.1. The van der Waals surface area contributed by atoms with Crippen LogP contribution in [0.4, 0.5) is 0 Å². The average Bonchev–Trinajstić information content (AvgIpc) is 3.66. The molecule has 14 heteroatoms. The number of methoxy groups -OCH3 is 2. The molecule has 0 aliphatic carbocycles. The molecule has 0 spiro atoms. The summed E-state index contributed by atoms with van der Waals surface area (Å²) in [5.41, 5.74) is 0.918. The maximum atomic E-state index is 14.1. The van der Waals surface area contributed by atoms with E-state index in [0.29, 0.717) is 19.4 Å². The van der Waals surface area contributed by atoms with Gasteiger partial charge in [-0.1, -0.05) is 71.4 Å². The first kappa shape index (κ1) is 44.8. The van der Waals surface area contributed by atoms with Crippen LogP contribution in [0.5, 0.6) is 0 Å². The molecule has 2 fully saturated rings. The van der Waals surface area contributed by atoms with Crippen LogP contribution in [0.1, 0.15) is 65.9 Å². The lowest BCUT2D eigenvalue weighted by molar-refractivity contribution is -0.146. The largest absolute Gasteiger partial charge is 0.379 e. The lowest BCUT2D eigenvalue weighted by atomic mass is 9.90.